The van der Waals surface area contributed by atoms with Gasteiger partial charge >= 0.3 is 0 Å². The Bertz CT molecular complexity index is 906. The van der Waals surface area contributed by atoms with Crippen LogP contribution in [0.15, 0.2) is 48.5 Å². The molecule has 0 spiro atoms. The fraction of sp³-hybridized carbons (Fsp3) is 0.167. The molecule has 0 atom stereocenters. The summed E-state index contributed by atoms with van der Waals surface area (Å²) in [6.07, 6.45) is 0.597. The number of hydrogen-bond donors (Lipinski definition) is 1. The smallest absolute Gasteiger partial charge is 0.264 e. The highest BCUT2D eigenvalue weighted by atomic mass is 35.5. The van der Waals surface area contributed by atoms with E-state index in [-0.39, 0.29) is 12.5 Å². The van der Waals surface area contributed by atoms with Gasteiger partial charge in [0.2, 0.25) is 5.13 Å². The number of carbonyl (C=O) groups excluding carboxylic acids is 1. The number of para-hydroxylation sites is 1. The van der Waals surface area contributed by atoms with Crippen molar-refractivity contribution in [3.63, 3.8) is 0 Å². The average Bonchev–Trinajstić information content (AvgIpc) is 3.09. The molecule has 0 aliphatic rings. The Labute approximate surface area is 170 Å². The van der Waals surface area contributed by atoms with Gasteiger partial charge in [-0.2, -0.15) is 0 Å². The van der Waals surface area contributed by atoms with E-state index in [1.54, 1.807) is 18.2 Å². The van der Waals surface area contributed by atoms with Crippen LogP contribution in [0.3, 0.4) is 0 Å². The van der Waals surface area contributed by atoms with Crippen LogP contribution in [0.4, 0.5) is 5.13 Å². The molecule has 0 radical (unpaired) electrons. The van der Waals surface area contributed by atoms with Gasteiger partial charge in [-0.15, -0.1) is 10.2 Å². The minimum absolute atomic E-state index is 0.201. The fourth-order valence-electron chi connectivity index (χ4n) is 2.07. The second-order valence-corrected chi connectivity index (χ2v) is 7.23. The van der Waals surface area contributed by atoms with Crippen molar-refractivity contribution in [2.45, 2.75) is 6.42 Å². The fourth-order valence-corrected chi connectivity index (χ4v) is 3.27. The highest BCUT2D eigenvalue weighted by Crippen LogP contribution is 2.27. The zero-order valence-electron chi connectivity index (χ0n) is 14.0. The summed E-state index contributed by atoms with van der Waals surface area (Å²) in [6.45, 7) is 0.276. The van der Waals surface area contributed by atoms with Crippen molar-refractivity contribution in [3.05, 3.63) is 63.6 Å². The van der Waals surface area contributed by atoms with Crippen LogP contribution in [0.5, 0.6) is 11.5 Å². The van der Waals surface area contributed by atoms with Gasteiger partial charge in [-0.1, -0.05) is 52.7 Å². The highest BCUT2D eigenvalue weighted by molar-refractivity contribution is 7.15. The molecule has 1 amide bonds. The maximum atomic E-state index is 12.0. The van der Waals surface area contributed by atoms with Gasteiger partial charge in [-0.3, -0.25) is 10.1 Å². The van der Waals surface area contributed by atoms with Crippen molar-refractivity contribution in [3.8, 4) is 11.5 Å². The summed E-state index contributed by atoms with van der Waals surface area (Å²) in [6, 6.07) is 14.3. The third-order valence-electron chi connectivity index (χ3n) is 3.29. The molecule has 0 aliphatic heterocycles. The third kappa shape index (κ3) is 6.09. The summed E-state index contributed by atoms with van der Waals surface area (Å²) >= 11 is 13.1. The number of rotatable bonds is 8. The second-order valence-electron chi connectivity index (χ2n) is 5.32. The van der Waals surface area contributed by atoms with Crippen molar-refractivity contribution < 1.29 is 14.3 Å². The number of aromatic nitrogens is 2. The van der Waals surface area contributed by atoms with Crippen LogP contribution >= 0.6 is 34.5 Å². The molecule has 3 rings (SSSR count). The first kappa shape index (κ1) is 19.4. The first-order valence-corrected chi connectivity index (χ1v) is 9.55. The molecule has 0 aliphatic carbocycles. The Balaban J connectivity index is 1.43. The third-order valence-corrected chi connectivity index (χ3v) is 4.72. The quantitative estimate of drug-likeness (QED) is 0.577. The Kier molecular flexibility index (Phi) is 6.86. The molecular formula is C18H15Cl2N3O3S. The minimum Gasteiger partial charge on any atom is -0.493 e. The first-order chi connectivity index (χ1) is 13.1. The molecule has 0 saturated heterocycles. The molecule has 9 heteroatoms. The Morgan fingerprint density at radius 2 is 1.89 bits per heavy atom. The van der Waals surface area contributed by atoms with Crippen molar-refractivity contribution in [1.29, 1.82) is 0 Å². The van der Waals surface area contributed by atoms with E-state index in [4.69, 9.17) is 32.7 Å². The van der Waals surface area contributed by atoms with Gasteiger partial charge in [0.05, 0.1) is 11.6 Å². The van der Waals surface area contributed by atoms with Crippen molar-refractivity contribution in [2.75, 3.05) is 18.5 Å². The lowest BCUT2D eigenvalue weighted by molar-refractivity contribution is -0.118. The highest BCUT2D eigenvalue weighted by Gasteiger charge is 2.10. The maximum Gasteiger partial charge on any atom is 0.264 e. The summed E-state index contributed by atoms with van der Waals surface area (Å²) in [5.74, 6) is 0.824. The zero-order chi connectivity index (χ0) is 19.1. The van der Waals surface area contributed by atoms with Crippen LogP contribution in [-0.4, -0.2) is 29.3 Å². The van der Waals surface area contributed by atoms with Crippen LogP contribution in [0.2, 0.25) is 10.0 Å². The lowest BCUT2D eigenvalue weighted by atomic mass is 10.3. The topological polar surface area (TPSA) is 73.3 Å². The summed E-state index contributed by atoms with van der Waals surface area (Å²) < 4.78 is 11.0. The lowest BCUT2D eigenvalue weighted by Crippen LogP contribution is -2.20. The van der Waals surface area contributed by atoms with E-state index in [9.17, 15) is 4.79 Å². The minimum atomic E-state index is -0.357. The molecule has 0 fully saturated rings. The summed E-state index contributed by atoms with van der Waals surface area (Å²) in [5, 5.41) is 12.6. The molecule has 3 aromatic rings. The van der Waals surface area contributed by atoms with E-state index in [0.717, 1.165) is 10.8 Å². The largest absolute Gasteiger partial charge is 0.493 e. The van der Waals surface area contributed by atoms with E-state index in [1.807, 2.05) is 30.3 Å². The molecular weight excluding hydrogens is 409 g/mol. The van der Waals surface area contributed by atoms with E-state index >= 15 is 0 Å². The molecule has 2 aromatic carbocycles. The number of amides is 1. The van der Waals surface area contributed by atoms with Gasteiger partial charge in [0.1, 0.15) is 16.5 Å². The predicted octanol–water partition coefficient (Wildman–Crippen LogP) is 4.48. The van der Waals surface area contributed by atoms with Gasteiger partial charge < -0.3 is 9.47 Å². The number of benzene rings is 2. The number of nitrogens with zero attached hydrogens (tertiary/aromatic N) is 2. The van der Waals surface area contributed by atoms with Crippen LogP contribution in [0.1, 0.15) is 5.01 Å². The Morgan fingerprint density at radius 1 is 1.07 bits per heavy atom. The monoisotopic (exact) mass is 423 g/mol. The number of halogens is 2. The maximum absolute atomic E-state index is 12.0. The molecule has 27 heavy (non-hydrogen) atoms. The van der Waals surface area contributed by atoms with Gasteiger partial charge in [0.25, 0.3) is 5.91 Å². The SMILES string of the molecule is O=C(COc1ccc(Cl)cc1Cl)Nc1nnc(CCOc2ccccc2)s1. The van der Waals surface area contributed by atoms with Crippen molar-refractivity contribution in [1.82, 2.24) is 10.2 Å². The summed E-state index contributed by atoms with van der Waals surface area (Å²) in [7, 11) is 0. The first-order valence-electron chi connectivity index (χ1n) is 7.98. The summed E-state index contributed by atoms with van der Waals surface area (Å²) in [4.78, 5) is 12.0. The normalized spacial score (nSPS) is 10.4. The molecule has 1 N–H and O–H groups in total. The van der Waals surface area contributed by atoms with E-state index in [1.165, 1.54) is 11.3 Å². The number of anilines is 1. The molecule has 1 heterocycles. The number of ether oxygens (including phenoxy) is 2. The van der Waals surface area contributed by atoms with E-state index in [2.05, 4.69) is 15.5 Å². The van der Waals surface area contributed by atoms with E-state index in [0.29, 0.717) is 34.0 Å². The molecule has 0 saturated carbocycles. The molecule has 6 nitrogen and oxygen atoms in total. The van der Waals surface area contributed by atoms with Crippen LogP contribution < -0.4 is 14.8 Å². The summed E-state index contributed by atoms with van der Waals surface area (Å²) in [5.41, 5.74) is 0. The number of hydrogen-bond acceptors (Lipinski definition) is 6. The Morgan fingerprint density at radius 3 is 2.67 bits per heavy atom. The lowest BCUT2D eigenvalue weighted by Gasteiger charge is -2.07. The standard InChI is InChI=1S/C18H15Cl2N3O3S/c19-12-6-7-15(14(20)10-12)26-11-16(24)21-18-23-22-17(27-18)8-9-25-13-4-2-1-3-5-13/h1-7,10H,8-9,11H2,(H,21,23,24). The van der Waals surface area contributed by atoms with Crippen molar-refractivity contribution in [2.24, 2.45) is 0 Å². The zero-order valence-corrected chi connectivity index (χ0v) is 16.4. The number of nitrogens with one attached hydrogen (secondary N) is 1. The molecule has 140 valence electrons. The Hall–Kier alpha value is -2.35. The van der Waals surface area contributed by atoms with Crippen LogP contribution in [0.25, 0.3) is 0 Å². The molecule has 1 aromatic heterocycles. The molecule has 0 bridgehead atoms. The number of carbonyl (C=O) groups is 1. The average molecular weight is 424 g/mol. The van der Waals surface area contributed by atoms with Crippen LogP contribution in [0, 0.1) is 0 Å². The van der Waals surface area contributed by atoms with E-state index < -0.39 is 0 Å². The predicted molar refractivity (Wildman–Crippen MR) is 106 cm³/mol. The van der Waals surface area contributed by atoms with Gasteiger partial charge in [0, 0.05) is 11.4 Å². The van der Waals surface area contributed by atoms with Gasteiger partial charge in [-0.05, 0) is 30.3 Å². The molecule has 0 unspecified atom stereocenters. The van der Waals surface area contributed by atoms with Gasteiger partial charge in [-0.25, -0.2) is 0 Å². The van der Waals surface area contributed by atoms with Crippen molar-refractivity contribution >= 4 is 45.6 Å². The van der Waals surface area contributed by atoms with Crippen LogP contribution in [-0.2, 0) is 11.2 Å². The van der Waals surface area contributed by atoms with Gasteiger partial charge in [0.15, 0.2) is 6.61 Å². The second kappa shape index (κ2) is 9.55.